The van der Waals surface area contributed by atoms with Crippen LogP contribution in [0.2, 0.25) is 0 Å². The lowest BCUT2D eigenvalue weighted by Crippen LogP contribution is -2.28. The molecule has 0 aliphatic carbocycles. The van der Waals surface area contributed by atoms with Crippen molar-refractivity contribution in [1.82, 2.24) is 9.78 Å². The molecule has 0 atom stereocenters. The summed E-state index contributed by atoms with van der Waals surface area (Å²) >= 11 is 0. The van der Waals surface area contributed by atoms with Gasteiger partial charge in [0.05, 0.1) is 18.3 Å². The van der Waals surface area contributed by atoms with Crippen LogP contribution in [0.5, 0.6) is 11.5 Å². The summed E-state index contributed by atoms with van der Waals surface area (Å²) in [4.78, 5) is 0. The van der Waals surface area contributed by atoms with E-state index in [0.717, 1.165) is 12.1 Å². The quantitative estimate of drug-likeness (QED) is 0.388. The van der Waals surface area contributed by atoms with Crippen LogP contribution >= 0.6 is 0 Å². The van der Waals surface area contributed by atoms with Crippen molar-refractivity contribution in [1.29, 1.82) is 0 Å². The molecule has 0 amide bonds. The molecule has 3 aromatic rings. The summed E-state index contributed by atoms with van der Waals surface area (Å²) in [7, 11) is -4.48. The fourth-order valence-corrected chi connectivity index (χ4v) is 2.58. The third-order valence-electron chi connectivity index (χ3n) is 3.38. The number of benzene rings is 2. The van der Waals surface area contributed by atoms with Gasteiger partial charge >= 0.3 is 15.6 Å². The van der Waals surface area contributed by atoms with Gasteiger partial charge in [-0.3, -0.25) is 0 Å². The Morgan fingerprint density at radius 3 is 2.35 bits per heavy atom. The van der Waals surface area contributed by atoms with Crippen LogP contribution in [0.1, 0.15) is 0 Å². The molecule has 0 aliphatic rings. The molecule has 3 rings (SSSR count). The summed E-state index contributed by atoms with van der Waals surface area (Å²) in [5.74, 6) is -1.75. The van der Waals surface area contributed by atoms with Gasteiger partial charge in [-0.05, 0) is 30.3 Å². The Morgan fingerprint density at radius 2 is 1.77 bits per heavy atom. The van der Waals surface area contributed by atoms with Crippen LogP contribution in [0.25, 0.3) is 16.6 Å². The van der Waals surface area contributed by atoms with Gasteiger partial charge in [0.15, 0.2) is 11.6 Å². The van der Waals surface area contributed by atoms with Crippen LogP contribution < -0.4 is 8.92 Å². The molecule has 138 valence electrons. The first-order chi connectivity index (χ1) is 12.1. The minimum Gasteiger partial charge on any atom is -0.497 e. The zero-order valence-corrected chi connectivity index (χ0v) is 13.8. The number of hydrogen-bond acceptors (Lipinski definition) is 5. The van der Waals surface area contributed by atoms with Crippen LogP contribution in [-0.4, -0.2) is 30.8 Å². The average Bonchev–Trinajstić information content (AvgIpc) is 2.96. The molecule has 2 aromatic carbocycles. The van der Waals surface area contributed by atoms with Crippen molar-refractivity contribution in [3.8, 4) is 17.2 Å². The summed E-state index contributed by atoms with van der Waals surface area (Å²) in [6.07, 6.45) is 1.39. The lowest BCUT2D eigenvalue weighted by atomic mass is 10.2. The van der Waals surface area contributed by atoms with Gasteiger partial charge in [0.25, 0.3) is 0 Å². The zero-order valence-electron chi connectivity index (χ0n) is 13.0. The first-order valence-corrected chi connectivity index (χ1v) is 8.35. The minimum atomic E-state index is -5.98. The third kappa shape index (κ3) is 3.29. The minimum absolute atomic E-state index is 0.107. The van der Waals surface area contributed by atoms with E-state index in [1.165, 1.54) is 18.0 Å². The summed E-state index contributed by atoms with van der Waals surface area (Å²) in [5, 5.41) is 4.28. The molecule has 0 aliphatic heterocycles. The molecule has 0 unspecified atom stereocenters. The van der Waals surface area contributed by atoms with Crippen molar-refractivity contribution in [2.45, 2.75) is 5.51 Å². The standard InChI is InChI=1S/C15H10F4N2O4S/c1-24-11-4-2-10(3-5-11)21-8-9-6-14(12(16)7-13(9)20-21)25-26(22,23)15(17,18)19/h2-8H,1H3. The van der Waals surface area contributed by atoms with Crippen molar-refractivity contribution in [3.63, 3.8) is 0 Å². The number of nitrogens with zero attached hydrogens (tertiary/aromatic N) is 2. The van der Waals surface area contributed by atoms with Gasteiger partial charge in [0.2, 0.25) is 0 Å². The number of fused-ring (bicyclic) bond motifs is 1. The van der Waals surface area contributed by atoms with E-state index in [1.54, 1.807) is 24.3 Å². The van der Waals surface area contributed by atoms with E-state index < -0.39 is 27.2 Å². The maximum absolute atomic E-state index is 13.9. The molecule has 11 heteroatoms. The number of rotatable bonds is 4. The molecular formula is C15H10F4N2O4S. The Morgan fingerprint density at radius 1 is 1.12 bits per heavy atom. The SMILES string of the molecule is COc1ccc(-n2cc3cc(OS(=O)(=O)C(F)(F)F)c(F)cc3n2)cc1. The number of aromatic nitrogens is 2. The maximum Gasteiger partial charge on any atom is 0.534 e. The summed E-state index contributed by atoms with van der Waals surface area (Å²) in [5.41, 5.74) is -4.98. The van der Waals surface area contributed by atoms with Crippen LogP contribution in [0, 0.1) is 5.82 Å². The highest BCUT2D eigenvalue weighted by molar-refractivity contribution is 7.88. The summed E-state index contributed by atoms with van der Waals surface area (Å²) in [6, 6.07) is 8.26. The van der Waals surface area contributed by atoms with E-state index in [-0.39, 0.29) is 10.9 Å². The van der Waals surface area contributed by atoms with Gasteiger partial charge in [-0.15, -0.1) is 0 Å². The fraction of sp³-hybridized carbons (Fsp3) is 0.133. The Labute approximate surface area is 144 Å². The smallest absolute Gasteiger partial charge is 0.497 e. The molecule has 6 nitrogen and oxygen atoms in total. The molecule has 0 bridgehead atoms. The Balaban J connectivity index is 2.00. The Bertz CT molecular complexity index is 1060. The predicted molar refractivity (Wildman–Crippen MR) is 83.2 cm³/mol. The fourth-order valence-electron chi connectivity index (χ4n) is 2.12. The molecule has 0 saturated heterocycles. The molecule has 1 aromatic heterocycles. The van der Waals surface area contributed by atoms with Crippen molar-refractivity contribution in [2.75, 3.05) is 7.11 Å². The van der Waals surface area contributed by atoms with Crippen LogP contribution in [0.15, 0.2) is 42.6 Å². The number of methoxy groups -OCH3 is 1. The first-order valence-electron chi connectivity index (χ1n) is 6.95. The van der Waals surface area contributed by atoms with Crippen LogP contribution in [0.3, 0.4) is 0 Å². The van der Waals surface area contributed by atoms with Gasteiger partial charge in [-0.1, -0.05) is 0 Å². The van der Waals surface area contributed by atoms with Gasteiger partial charge in [0.1, 0.15) is 5.75 Å². The molecule has 26 heavy (non-hydrogen) atoms. The molecular weight excluding hydrogens is 380 g/mol. The van der Waals surface area contributed by atoms with E-state index in [0.29, 0.717) is 11.4 Å². The van der Waals surface area contributed by atoms with E-state index >= 15 is 0 Å². The molecule has 0 N–H and O–H groups in total. The van der Waals surface area contributed by atoms with Crippen molar-refractivity contribution in [3.05, 3.63) is 48.4 Å². The van der Waals surface area contributed by atoms with Crippen LogP contribution in [-0.2, 0) is 10.1 Å². The number of alkyl halides is 3. The van der Waals surface area contributed by atoms with Gasteiger partial charge < -0.3 is 8.92 Å². The first kappa shape index (κ1) is 18.0. The second kappa shape index (κ2) is 6.16. The molecule has 0 radical (unpaired) electrons. The van der Waals surface area contributed by atoms with Gasteiger partial charge in [-0.25, -0.2) is 9.07 Å². The van der Waals surface area contributed by atoms with Gasteiger partial charge in [-0.2, -0.15) is 26.7 Å². The normalized spacial score (nSPS) is 12.3. The molecule has 0 saturated carbocycles. The Hall–Kier alpha value is -2.82. The highest BCUT2D eigenvalue weighted by atomic mass is 32.2. The molecule has 0 spiro atoms. The van der Waals surface area contributed by atoms with Crippen molar-refractivity contribution >= 4 is 21.0 Å². The van der Waals surface area contributed by atoms with E-state index in [4.69, 9.17) is 4.74 Å². The highest BCUT2D eigenvalue weighted by Gasteiger charge is 2.49. The monoisotopic (exact) mass is 390 g/mol. The summed E-state index contributed by atoms with van der Waals surface area (Å²) < 4.78 is 83.4. The van der Waals surface area contributed by atoms with Crippen LogP contribution in [0.4, 0.5) is 17.6 Å². The van der Waals surface area contributed by atoms with Gasteiger partial charge in [0, 0.05) is 17.6 Å². The second-order valence-corrected chi connectivity index (χ2v) is 6.63. The lowest BCUT2D eigenvalue weighted by molar-refractivity contribution is -0.0500. The summed E-state index contributed by atoms with van der Waals surface area (Å²) in [6.45, 7) is 0. The van der Waals surface area contributed by atoms with E-state index in [1.807, 2.05) is 0 Å². The second-order valence-electron chi connectivity index (χ2n) is 5.10. The van der Waals surface area contributed by atoms with E-state index in [2.05, 4.69) is 9.28 Å². The predicted octanol–water partition coefficient (Wildman–Crippen LogP) is 3.40. The van der Waals surface area contributed by atoms with E-state index in [9.17, 15) is 26.0 Å². The maximum atomic E-state index is 13.9. The number of hydrogen-bond donors (Lipinski definition) is 0. The molecule has 0 fully saturated rings. The zero-order chi connectivity index (χ0) is 19.1. The van der Waals surface area contributed by atoms with Crippen molar-refractivity contribution < 1.29 is 34.9 Å². The number of halogens is 4. The largest absolute Gasteiger partial charge is 0.534 e. The lowest BCUT2D eigenvalue weighted by Gasteiger charge is -2.09. The Kier molecular flexibility index (Phi) is 4.26. The topological polar surface area (TPSA) is 70.4 Å². The van der Waals surface area contributed by atoms with Crippen molar-refractivity contribution in [2.24, 2.45) is 0 Å². The number of ether oxygens (including phenoxy) is 1. The highest BCUT2D eigenvalue weighted by Crippen LogP contribution is 2.31. The molecule has 1 heterocycles. The third-order valence-corrected chi connectivity index (χ3v) is 4.34. The average molecular weight is 390 g/mol.